The fourth-order valence-electron chi connectivity index (χ4n) is 1.27. The van der Waals surface area contributed by atoms with Crippen molar-refractivity contribution in [2.75, 3.05) is 0 Å². The molecule has 0 spiro atoms. The summed E-state index contributed by atoms with van der Waals surface area (Å²) in [6.07, 6.45) is -0.142. The third kappa shape index (κ3) is 3.43. The van der Waals surface area contributed by atoms with Crippen molar-refractivity contribution in [3.05, 3.63) is 23.8 Å². The number of sulfonamides is 1. The molecule has 3 N–H and O–H groups in total. The average molecular weight is 259 g/mol. The van der Waals surface area contributed by atoms with Crippen molar-refractivity contribution < 1.29 is 23.1 Å². The van der Waals surface area contributed by atoms with E-state index in [9.17, 15) is 13.2 Å². The Balaban J connectivity index is 3.33. The first kappa shape index (κ1) is 13.5. The highest BCUT2D eigenvalue weighted by atomic mass is 32.2. The molecule has 1 aromatic rings. The van der Waals surface area contributed by atoms with Crippen molar-refractivity contribution in [3.63, 3.8) is 0 Å². The Bertz CT molecular complexity index is 536. The molecule has 94 valence electrons. The van der Waals surface area contributed by atoms with Crippen LogP contribution in [0.4, 0.5) is 0 Å². The minimum atomic E-state index is -4.06. The van der Waals surface area contributed by atoms with E-state index in [-0.39, 0.29) is 11.9 Å². The van der Waals surface area contributed by atoms with Gasteiger partial charge in [0.05, 0.1) is 16.6 Å². The zero-order valence-electron chi connectivity index (χ0n) is 9.38. The van der Waals surface area contributed by atoms with E-state index >= 15 is 0 Å². The van der Waals surface area contributed by atoms with Crippen LogP contribution in [-0.4, -0.2) is 25.6 Å². The molecule has 0 aromatic heterocycles. The Labute approximate surface area is 99.1 Å². The second-order valence-electron chi connectivity index (χ2n) is 3.67. The molecule has 0 atom stereocenters. The zero-order chi connectivity index (χ0) is 13.2. The molecule has 0 aliphatic rings. The van der Waals surface area contributed by atoms with Crippen molar-refractivity contribution in [2.24, 2.45) is 5.14 Å². The molecule has 6 nitrogen and oxygen atoms in total. The van der Waals surface area contributed by atoms with E-state index in [2.05, 4.69) is 0 Å². The van der Waals surface area contributed by atoms with Gasteiger partial charge in [-0.1, -0.05) is 0 Å². The average Bonchev–Trinajstić information content (AvgIpc) is 2.14. The summed E-state index contributed by atoms with van der Waals surface area (Å²) < 4.78 is 27.6. The molecule has 17 heavy (non-hydrogen) atoms. The first-order chi connectivity index (χ1) is 7.71. The molecule has 0 aliphatic carbocycles. The number of carboxylic acid groups (broad SMARTS) is 1. The minimum Gasteiger partial charge on any atom is -0.491 e. The van der Waals surface area contributed by atoms with Crippen LogP contribution in [0.5, 0.6) is 5.75 Å². The van der Waals surface area contributed by atoms with Crippen LogP contribution in [0.1, 0.15) is 24.2 Å². The smallest absolute Gasteiger partial charge is 0.337 e. The highest BCUT2D eigenvalue weighted by Gasteiger charge is 2.19. The van der Waals surface area contributed by atoms with Crippen molar-refractivity contribution in [2.45, 2.75) is 24.8 Å². The lowest BCUT2D eigenvalue weighted by atomic mass is 10.2. The van der Waals surface area contributed by atoms with E-state index in [1.165, 1.54) is 6.07 Å². The third-order valence-electron chi connectivity index (χ3n) is 1.86. The Kier molecular flexibility index (Phi) is 3.74. The minimum absolute atomic E-state index is 0.142. The molecule has 1 aromatic carbocycles. The Morgan fingerprint density at radius 1 is 1.41 bits per heavy atom. The number of ether oxygens (including phenoxy) is 1. The van der Waals surface area contributed by atoms with Crippen molar-refractivity contribution in [1.82, 2.24) is 0 Å². The van der Waals surface area contributed by atoms with Crippen LogP contribution in [0.3, 0.4) is 0 Å². The number of carbonyl (C=O) groups is 1. The van der Waals surface area contributed by atoms with Crippen molar-refractivity contribution >= 4 is 16.0 Å². The lowest BCUT2D eigenvalue weighted by molar-refractivity contribution is 0.0691. The maximum atomic E-state index is 11.2. The molecule has 7 heteroatoms. The van der Waals surface area contributed by atoms with Gasteiger partial charge in [-0.05, 0) is 32.0 Å². The number of aromatic carboxylic acids is 1. The van der Waals surface area contributed by atoms with Crippen LogP contribution < -0.4 is 9.88 Å². The van der Waals surface area contributed by atoms with Crippen LogP contribution >= 0.6 is 0 Å². The predicted octanol–water partition coefficient (Wildman–Crippen LogP) is 0.819. The van der Waals surface area contributed by atoms with Crippen LogP contribution in [0.2, 0.25) is 0 Å². The molecule has 0 saturated heterocycles. The summed E-state index contributed by atoms with van der Waals surface area (Å²) >= 11 is 0. The van der Waals surface area contributed by atoms with Crippen molar-refractivity contribution in [1.29, 1.82) is 0 Å². The van der Waals surface area contributed by atoms with Gasteiger partial charge in [-0.3, -0.25) is 0 Å². The second-order valence-corrected chi connectivity index (χ2v) is 5.20. The highest BCUT2D eigenvalue weighted by Crippen LogP contribution is 2.21. The van der Waals surface area contributed by atoms with Crippen LogP contribution in [0.15, 0.2) is 23.1 Å². The Morgan fingerprint density at radius 3 is 2.41 bits per heavy atom. The van der Waals surface area contributed by atoms with Gasteiger partial charge in [-0.25, -0.2) is 18.4 Å². The van der Waals surface area contributed by atoms with E-state index in [0.717, 1.165) is 12.1 Å². The number of rotatable bonds is 4. The number of nitrogens with two attached hydrogens (primary N) is 1. The number of hydrogen-bond acceptors (Lipinski definition) is 4. The maximum absolute atomic E-state index is 11.2. The summed E-state index contributed by atoms with van der Waals surface area (Å²) in [5, 5.41) is 13.8. The summed E-state index contributed by atoms with van der Waals surface area (Å²) in [5.41, 5.74) is -0.398. The monoisotopic (exact) mass is 259 g/mol. The molecule has 0 aliphatic heterocycles. The summed E-state index contributed by atoms with van der Waals surface area (Å²) in [5.74, 6) is -1.09. The zero-order valence-corrected chi connectivity index (χ0v) is 10.2. The molecule has 0 heterocycles. The number of benzene rings is 1. The van der Waals surface area contributed by atoms with Gasteiger partial charge in [0.2, 0.25) is 10.0 Å². The topological polar surface area (TPSA) is 107 Å². The van der Waals surface area contributed by atoms with Crippen LogP contribution in [0.25, 0.3) is 0 Å². The van der Waals surface area contributed by atoms with E-state index in [1.807, 2.05) is 0 Å². The van der Waals surface area contributed by atoms with Gasteiger partial charge in [0.1, 0.15) is 5.75 Å². The molecule has 0 unspecified atom stereocenters. The molecule has 1 rings (SSSR count). The van der Waals surface area contributed by atoms with E-state index in [1.54, 1.807) is 13.8 Å². The summed E-state index contributed by atoms with van der Waals surface area (Å²) in [6, 6.07) is 3.63. The van der Waals surface area contributed by atoms with Gasteiger partial charge in [0.15, 0.2) is 0 Å². The molecular formula is C10H13NO5S. The molecule has 0 amide bonds. The van der Waals surface area contributed by atoms with Crippen LogP contribution in [0, 0.1) is 0 Å². The Morgan fingerprint density at radius 2 is 2.00 bits per heavy atom. The molecule has 0 fully saturated rings. The van der Waals surface area contributed by atoms with Gasteiger partial charge in [0, 0.05) is 0 Å². The third-order valence-corrected chi connectivity index (χ3v) is 2.83. The quantitative estimate of drug-likeness (QED) is 0.832. The summed E-state index contributed by atoms with van der Waals surface area (Å²) in [4.78, 5) is 10.5. The largest absolute Gasteiger partial charge is 0.491 e. The van der Waals surface area contributed by atoms with Crippen molar-refractivity contribution in [3.8, 4) is 5.75 Å². The van der Waals surface area contributed by atoms with Gasteiger partial charge in [-0.15, -0.1) is 0 Å². The molecular weight excluding hydrogens is 246 g/mol. The number of hydrogen-bond donors (Lipinski definition) is 2. The normalized spacial score (nSPS) is 11.5. The number of primary sulfonamides is 1. The molecule has 0 saturated carbocycles. The summed E-state index contributed by atoms with van der Waals surface area (Å²) in [7, 11) is -4.06. The predicted molar refractivity (Wildman–Crippen MR) is 60.5 cm³/mol. The standard InChI is InChI=1S/C10H13NO5S/c1-6(2)16-7-3-4-9(17(11,14)15)8(5-7)10(12)13/h3-6H,1-2H3,(H,12,13)(H2,11,14,15). The second kappa shape index (κ2) is 4.72. The SMILES string of the molecule is CC(C)Oc1ccc(S(N)(=O)=O)c(C(=O)O)c1. The fraction of sp³-hybridized carbons (Fsp3) is 0.300. The number of carboxylic acids is 1. The lowest BCUT2D eigenvalue weighted by Crippen LogP contribution is -2.17. The lowest BCUT2D eigenvalue weighted by Gasteiger charge is -2.11. The van der Waals surface area contributed by atoms with E-state index < -0.39 is 26.5 Å². The fourth-order valence-corrected chi connectivity index (χ4v) is 1.98. The van der Waals surface area contributed by atoms with Gasteiger partial charge in [0.25, 0.3) is 0 Å². The van der Waals surface area contributed by atoms with Gasteiger partial charge < -0.3 is 9.84 Å². The highest BCUT2D eigenvalue weighted by molar-refractivity contribution is 7.89. The van der Waals surface area contributed by atoms with E-state index in [0.29, 0.717) is 0 Å². The maximum Gasteiger partial charge on any atom is 0.337 e. The first-order valence-corrected chi connectivity index (χ1v) is 6.33. The summed E-state index contributed by atoms with van der Waals surface area (Å²) in [6.45, 7) is 3.54. The Hall–Kier alpha value is -1.60. The van der Waals surface area contributed by atoms with Crippen LogP contribution in [-0.2, 0) is 10.0 Å². The van der Waals surface area contributed by atoms with Gasteiger partial charge >= 0.3 is 5.97 Å². The van der Waals surface area contributed by atoms with Gasteiger partial charge in [-0.2, -0.15) is 0 Å². The molecule has 0 radical (unpaired) electrons. The molecule has 0 bridgehead atoms. The van der Waals surface area contributed by atoms with E-state index in [4.69, 9.17) is 15.0 Å². The first-order valence-electron chi connectivity index (χ1n) is 4.78.